The minimum absolute atomic E-state index is 0.191. The molecule has 1 saturated heterocycles. The van der Waals surface area contributed by atoms with E-state index in [4.69, 9.17) is 17.3 Å². The van der Waals surface area contributed by atoms with Gasteiger partial charge in [0.2, 0.25) is 0 Å². The number of rotatable bonds is 2. The van der Waals surface area contributed by atoms with E-state index in [9.17, 15) is 4.39 Å². The lowest BCUT2D eigenvalue weighted by Gasteiger charge is -2.15. The van der Waals surface area contributed by atoms with Crippen molar-refractivity contribution in [3.8, 4) is 0 Å². The van der Waals surface area contributed by atoms with Gasteiger partial charge in [0.1, 0.15) is 5.82 Å². The Morgan fingerprint density at radius 2 is 2.33 bits per heavy atom. The van der Waals surface area contributed by atoms with E-state index in [0.717, 1.165) is 31.6 Å². The van der Waals surface area contributed by atoms with Crippen LogP contribution in [0.3, 0.4) is 0 Å². The van der Waals surface area contributed by atoms with Crippen LogP contribution in [0.2, 0.25) is 5.02 Å². The fourth-order valence-corrected chi connectivity index (χ4v) is 2.11. The molecule has 1 aromatic carbocycles. The number of likely N-dealkylation sites (tertiary alicyclic amines) is 1. The molecule has 1 aliphatic heterocycles. The van der Waals surface area contributed by atoms with E-state index in [1.54, 1.807) is 12.1 Å². The molecule has 1 aliphatic rings. The van der Waals surface area contributed by atoms with E-state index < -0.39 is 0 Å². The van der Waals surface area contributed by atoms with Crippen LogP contribution in [-0.2, 0) is 6.54 Å². The van der Waals surface area contributed by atoms with Gasteiger partial charge >= 0.3 is 0 Å². The molecular formula is C11H14ClFN2. The predicted octanol–water partition coefficient (Wildman–Crippen LogP) is 2.01. The third-order valence-corrected chi connectivity index (χ3v) is 2.99. The van der Waals surface area contributed by atoms with Gasteiger partial charge in [0.05, 0.1) is 5.02 Å². The Morgan fingerprint density at radius 3 is 2.93 bits per heavy atom. The van der Waals surface area contributed by atoms with E-state index in [0.29, 0.717) is 0 Å². The summed E-state index contributed by atoms with van der Waals surface area (Å²) >= 11 is 5.71. The van der Waals surface area contributed by atoms with Crippen molar-refractivity contribution >= 4 is 11.6 Å². The lowest BCUT2D eigenvalue weighted by atomic mass is 10.2. The number of hydrogen-bond acceptors (Lipinski definition) is 2. The van der Waals surface area contributed by atoms with Gasteiger partial charge in [-0.25, -0.2) is 4.39 Å². The molecule has 1 atom stereocenters. The highest BCUT2D eigenvalue weighted by molar-refractivity contribution is 6.30. The molecule has 2 nitrogen and oxygen atoms in total. The minimum Gasteiger partial charge on any atom is -0.326 e. The van der Waals surface area contributed by atoms with Crippen molar-refractivity contribution in [2.24, 2.45) is 5.73 Å². The molecule has 0 amide bonds. The molecule has 82 valence electrons. The van der Waals surface area contributed by atoms with Gasteiger partial charge in [-0.2, -0.15) is 0 Å². The maximum atomic E-state index is 12.9. The summed E-state index contributed by atoms with van der Waals surface area (Å²) in [6.45, 7) is 2.72. The first-order chi connectivity index (χ1) is 7.15. The lowest BCUT2D eigenvalue weighted by Crippen LogP contribution is -2.26. The van der Waals surface area contributed by atoms with Crippen LogP contribution in [0.25, 0.3) is 0 Å². The Kier molecular flexibility index (Phi) is 3.24. The lowest BCUT2D eigenvalue weighted by molar-refractivity contribution is 0.327. The SMILES string of the molecule is N[C@@H]1CCN(Cc2ccc(F)c(Cl)c2)C1. The van der Waals surface area contributed by atoms with Gasteiger partial charge in [-0.05, 0) is 24.1 Å². The second-order valence-electron chi connectivity index (χ2n) is 4.03. The Labute approximate surface area is 93.8 Å². The van der Waals surface area contributed by atoms with Gasteiger partial charge in [0, 0.05) is 25.7 Å². The zero-order chi connectivity index (χ0) is 10.8. The van der Waals surface area contributed by atoms with Crippen LogP contribution in [-0.4, -0.2) is 24.0 Å². The topological polar surface area (TPSA) is 29.3 Å². The second-order valence-corrected chi connectivity index (χ2v) is 4.44. The molecule has 2 N–H and O–H groups in total. The van der Waals surface area contributed by atoms with Crippen LogP contribution in [0, 0.1) is 5.82 Å². The molecule has 0 aliphatic carbocycles. The highest BCUT2D eigenvalue weighted by Gasteiger charge is 2.18. The summed E-state index contributed by atoms with van der Waals surface area (Å²) in [7, 11) is 0. The first-order valence-electron chi connectivity index (χ1n) is 5.07. The quantitative estimate of drug-likeness (QED) is 0.839. The molecule has 4 heteroatoms. The fraction of sp³-hybridized carbons (Fsp3) is 0.455. The molecule has 15 heavy (non-hydrogen) atoms. The number of nitrogens with zero attached hydrogens (tertiary/aromatic N) is 1. The summed E-state index contributed by atoms with van der Waals surface area (Å²) in [5.74, 6) is -0.362. The molecule has 0 unspecified atom stereocenters. The summed E-state index contributed by atoms with van der Waals surface area (Å²) in [5.41, 5.74) is 6.84. The highest BCUT2D eigenvalue weighted by atomic mass is 35.5. The van der Waals surface area contributed by atoms with E-state index in [-0.39, 0.29) is 16.9 Å². The molecule has 1 fully saturated rings. The summed E-state index contributed by atoms with van der Waals surface area (Å²) in [4.78, 5) is 2.26. The van der Waals surface area contributed by atoms with Crippen LogP contribution >= 0.6 is 11.6 Å². The maximum absolute atomic E-state index is 12.9. The van der Waals surface area contributed by atoms with Gasteiger partial charge in [-0.1, -0.05) is 17.7 Å². The first-order valence-corrected chi connectivity index (χ1v) is 5.45. The standard InChI is InChI=1S/C11H14ClFN2/c12-10-5-8(1-2-11(10)13)6-15-4-3-9(14)7-15/h1-2,5,9H,3-4,6-7,14H2/t9-/m1/s1. The second kappa shape index (κ2) is 4.47. The Morgan fingerprint density at radius 1 is 1.53 bits per heavy atom. The van der Waals surface area contributed by atoms with Crippen molar-refractivity contribution in [2.75, 3.05) is 13.1 Å². The summed E-state index contributed by atoms with van der Waals surface area (Å²) in [6, 6.07) is 5.14. The number of halogens is 2. The van der Waals surface area contributed by atoms with Crippen LogP contribution in [0.15, 0.2) is 18.2 Å². The Bertz CT molecular complexity index is 356. The molecule has 1 aromatic rings. The van der Waals surface area contributed by atoms with Gasteiger partial charge in [-0.3, -0.25) is 4.90 Å². The first kappa shape index (κ1) is 10.9. The van der Waals surface area contributed by atoms with Crippen LogP contribution < -0.4 is 5.73 Å². The zero-order valence-corrected chi connectivity index (χ0v) is 9.17. The summed E-state index contributed by atoms with van der Waals surface area (Å²) < 4.78 is 12.9. The molecule has 0 radical (unpaired) electrons. The predicted molar refractivity (Wildman–Crippen MR) is 59.3 cm³/mol. The average Bonchev–Trinajstić information content (AvgIpc) is 2.58. The van der Waals surface area contributed by atoms with Crippen molar-refractivity contribution in [1.29, 1.82) is 0 Å². The third kappa shape index (κ3) is 2.68. The van der Waals surface area contributed by atoms with Crippen LogP contribution in [0.5, 0.6) is 0 Å². The number of hydrogen-bond donors (Lipinski definition) is 1. The van der Waals surface area contributed by atoms with Gasteiger partial charge in [-0.15, -0.1) is 0 Å². The zero-order valence-electron chi connectivity index (χ0n) is 8.42. The normalized spacial score (nSPS) is 22.2. The van der Waals surface area contributed by atoms with Gasteiger partial charge in [0.15, 0.2) is 0 Å². The van der Waals surface area contributed by atoms with Crippen molar-refractivity contribution < 1.29 is 4.39 Å². The van der Waals surface area contributed by atoms with Crippen molar-refractivity contribution in [2.45, 2.75) is 19.0 Å². The maximum Gasteiger partial charge on any atom is 0.141 e. The fourth-order valence-electron chi connectivity index (χ4n) is 1.90. The minimum atomic E-state index is -0.362. The molecule has 1 heterocycles. The molecule has 0 saturated carbocycles. The van der Waals surface area contributed by atoms with Crippen LogP contribution in [0.1, 0.15) is 12.0 Å². The van der Waals surface area contributed by atoms with Crippen LogP contribution in [0.4, 0.5) is 4.39 Å². The molecule has 2 rings (SSSR count). The third-order valence-electron chi connectivity index (χ3n) is 2.70. The van der Waals surface area contributed by atoms with E-state index in [1.807, 2.05) is 0 Å². The number of benzene rings is 1. The Balaban J connectivity index is 2.02. The summed E-state index contributed by atoms with van der Waals surface area (Å²) in [6.07, 6.45) is 1.04. The smallest absolute Gasteiger partial charge is 0.141 e. The van der Waals surface area contributed by atoms with Crippen molar-refractivity contribution in [1.82, 2.24) is 4.90 Å². The largest absolute Gasteiger partial charge is 0.326 e. The van der Waals surface area contributed by atoms with Gasteiger partial charge < -0.3 is 5.73 Å². The molecule has 0 spiro atoms. The summed E-state index contributed by atoms with van der Waals surface area (Å²) in [5, 5.41) is 0.191. The monoisotopic (exact) mass is 228 g/mol. The van der Waals surface area contributed by atoms with Crippen molar-refractivity contribution in [3.63, 3.8) is 0 Å². The average molecular weight is 229 g/mol. The van der Waals surface area contributed by atoms with Gasteiger partial charge in [0.25, 0.3) is 0 Å². The highest BCUT2D eigenvalue weighted by Crippen LogP contribution is 2.18. The van der Waals surface area contributed by atoms with Crippen molar-refractivity contribution in [3.05, 3.63) is 34.6 Å². The number of nitrogens with two attached hydrogens (primary N) is 1. The molecular weight excluding hydrogens is 215 g/mol. The van der Waals surface area contributed by atoms with E-state index in [1.165, 1.54) is 6.07 Å². The van der Waals surface area contributed by atoms with E-state index in [2.05, 4.69) is 4.90 Å². The molecule has 0 bridgehead atoms. The molecule has 0 aromatic heterocycles. The Hall–Kier alpha value is -0.640. The van der Waals surface area contributed by atoms with E-state index >= 15 is 0 Å².